The molecule has 0 spiro atoms. The maximum atomic E-state index is 13.9. The van der Waals surface area contributed by atoms with E-state index in [-0.39, 0.29) is 23.5 Å². The monoisotopic (exact) mass is 258 g/mol. The molecule has 0 amide bonds. The van der Waals surface area contributed by atoms with Crippen molar-refractivity contribution in [3.63, 3.8) is 0 Å². The Morgan fingerprint density at radius 1 is 1.16 bits per heavy atom. The predicted molar refractivity (Wildman–Crippen MR) is 72.2 cm³/mol. The maximum absolute atomic E-state index is 13.9. The van der Waals surface area contributed by atoms with Gasteiger partial charge in [-0.25, -0.2) is 4.39 Å². The number of carbonyl (C=O) groups excluding carboxylic acids is 1. The summed E-state index contributed by atoms with van der Waals surface area (Å²) in [6, 6.07) is 12.2. The molecule has 2 rings (SSSR count). The van der Waals surface area contributed by atoms with Gasteiger partial charge >= 0.3 is 0 Å². The quantitative estimate of drug-likeness (QED) is 0.784. The van der Waals surface area contributed by atoms with Crippen LogP contribution in [0.2, 0.25) is 0 Å². The van der Waals surface area contributed by atoms with Gasteiger partial charge in [-0.05, 0) is 24.6 Å². The molecule has 0 aliphatic carbocycles. The zero-order chi connectivity index (χ0) is 13.8. The van der Waals surface area contributed by atoms with Crippen molar-refractivity contribution >= 4 is 5.78 Å². The molecule has 0 aliphatic heterocycles. The zero-order valence-corrected chi connectivity index (χ0v) is 10.9. The van der Waals surface area contributed by atoms with Crippen molar-refractivity contribution in [3.05, 3.63) is 65.0 Å². The van der Waals surface area contributed by atoms with Crippen molar-refractivity contribution in [2.75, 3.05) is 7.11 Å². The van der Waals surface area contributed by atoms with E-state index in [9.17, 15) is 9.18 Å². The summed E-state index contributed by atoms with van der Waals surface area (Å²) in [6.07, 6.45) is 0.185. The number of hydrogen-bond donors (Lipinski definition) is 0. The van der Waals surface area contributed by atoms with Crippen LogP contribution in [0.25, 0.3) is 0 Å². The Hall–Kier alpha value is -2.16. The first kappa shape index (κ1) is 13.3. The minimum absolute atomic E-state index is 0.0694. The highest BCUT2D eigenvalue weighted by Crippen LogP contribution is 2.21. The van der Waals surface area contributed by atoms with E-state index in [1.807, 2.05) is 31.2 Å². The standard InChI is InChI=1S/C16H15FO2/c1-11-6-8-12(9-7-11)10-14(18)13-4-3-5-15(19-2)16(13)17/h3-9H,10H2,1-2H3. The molecular weight excluding hydrogens is 243 g/mol. The lowest BCUT2D eigenvalue weighted by molar-refractivity contribution is 0.0988. The van der Waals surface area contributed by atoms with Crippen molar-refractivity contribution in [2.45, 2.75) is 13.3 Å². The molecule has 3 heteroatoms. The molecule has 0 unspecified atom stereocenters. The van der Waals surface area contributed by atoms with E-state index in [0.717, 1.165) is 11.1 Å². The summed E-state index contributed by atoms with van der Waals surface area (Å²) in [5.74, 6) is -0.753. The molecule has 2 nitrogen and oxygen atoms in total. The average Bonchev–Trinajstić information content (AvgIpc) is 2.41. The number of hydrogen-bond acceptors (Lipinski definition) is 2. The van der Waals surface area contributed by atoms with Crippen LogP contribution in [0.3, 0.4) is 0 Å². The summed E-state index contributed by atoms with van der Waals surface area (Å²) in [7, 11) is 1.38. The van der Waals surface area contributed by atoms with Crippen LogP contribution in [0, 0.1) is 12.7 Å². The Balaban J connectivity index is 2.23. The Bertz CT molecular complexity index is 588. The van der Waals surface area contributed by atoms with Crippen LogP contribution in [-0.4, -0.2) is 12.9 Å². The number of aryl methyl sites for hydroxylation is 1. The van der Waals surface area contributed by atoms with Crippen LogP contribution < -0.4 is 4.74 Å². The summed E-state index contributed by atoms with van der Waals surface area (Å²) in [6.45, 7) is 1.98. The Morgan fingerprint density at radius 3 is 2.47 bits per heavy atom. The van der Waals surface area contributed by atoms with Gasteiger partial charge < -0.3 is 4.74 Å². The molecule has 98 valence electrons. The van der Waals surface area contributed by atoms with Crippen molar-refractivity contribution in [2.24, 2.45) is 0 Å². The summed E-state index contributed by atoms with van der Waals surface area (Å²) >= 11 is 0. The molecule has 0 saturated heterocycles. The van der Waals surface area contributed by atoms with E-state index in [4.69, 9.17) is 4.74 Å². The Kier molecular flexibility index (Phi) is 3.95. The second-order valence-corrected chi connectivity index (χ2v) is 4.41. The molecule has 0 atom stereocenters. The van der Waals surface area contributed by atoms with Gasteiger partial charge in [0.2, 0.25) is 0 Å². The average molecular weight is 258 g/mol. The molecule has 19 heavy (non-hydrogen) atoms. The number of halogens is 1. The zero-order valence-electron chi connectivity index (χ0n) is 10.9. The molecule has 0 N–H and O–H groups in total. The lowest BCUT2D eigenvalue weighted by Gasteiger charge is -2.07. The minimum atomic E-state index is -0.595. The number of ketones is 1. The third-order valence-corrected chi connectivity index (χ3v) is 2.97. The molecule has 0 aliphatic rings. The topological polar surface area (TPSA) is 26.3 Å². The van der Waals surface area contributed by atoms with E-state index in [2.05, 4.69) is 0 Å². The van der Waals surface area contributed by atoms with Gasteiger partial charge in [0.25, 0.3) is 0 Å². The van der Waals surface area contributed by atoms with Crippen LogP contribution in [0.4, 0.5) is 4.39 Å². The first-order valence-electron chi connectivity index (χ1n) is 6.03. The van der Waals surface area contributed by atoms with Crippen molar-refractivity contribution < 1.29 is 13.9 Å². The number of methoxy groups -OCH3 is 1. The summed E-state index contributed by atoms with van der Waals surface area (Å²) in [5.41, 5.74) is 2.07. The van der Waals surface area contributed by atoms with Gasteiger partial charge in [0.1, 0.15) is 0 Å². The highest BCUT2D eigenvalue weighted by molar-refractivity contribution is 5.98. The second-order valence-electron chi connectivity index (χ2n) is 4.41. The van der Waals surface area contributed by atoms with Gasteiger partial charge in [0.15, 0.2) is 17.3 Å². The van der Waals surface area contributed by atoms with Gasteiger partial charge in [0, 0.05) is 6.42 Å². The normalized spacial score (nSPS) is 10.3. The van der Waals surface area contributed by atoms with Gasteiger partial charge in [-0.15, -0.1) is 0 Å². The molecule has 0 radical (unpaired) electrons. The maximum Gasteiger partial charge on any atom is 0.175 e. The summed E-state index contributed by atoms with van der Waals surface area (Å²) in [5, 5.41) is 0. The summed E-state index contributed by atoms with van der Waals surface area (Å²) < 4.78 is 18.8. The minimum Gasteiger partial charge on any atom is -0.494 e. The van der Waals surface area contributed by atoms with E-state index >= 15 is 0 Å². The molecular formula is C16H15FO2. The molecule has 2 aromatic rings. The van der Waals surface area contributed by atoms with Crippen molar-refractivity contribution in [1.29, 1.82) is 0 Å². The Labute approximate surface area is 111 Å². The number of rotatable bonds is 4. The first-order chi connectivity index (χ1) is 9.11. The first-order valence-corrected chi connectivity index (χ1v) is 6.03. The highest BCUT2D eigenvalue weighted by atomic mass is 19.1. The largest absolute Gasteiger partial charge is 0.494 e. The number of Topliss-reactive ketones (excluding diaryl/α,β-unsaturated/α-hetero) is 1. The SMILES string of the molecule is COc1cccc(C(=O)Cc2ccc(C)cc2)c1F. The second kappa shape index (κ2) is 5.65. The third-order valence-electron chi connectivity index (χ3n) is 2.97. The van der Waals surface area contributed by atoms with Crippen molar-refractivity contribution in [1.82, 2.24) is 0 Å². The fraction of sp³-hybridized carbons (Fsp3) is 0.188. The lowest BCUT2D eigenvalue weighted by Crippen LogP contribution is -2.07. The molecule has 2 aromatic carbocycles. The molecule has 0 bridgehead atoms. The van der Waals surface area contributed by atoms with Gasteiger partial charge in [-0.3, -0.25) is 4.79 Å². The highest BCUT2D eigenvalue weighted by Gasteiger charge is 2.15. The van der Waals surface area contributed by atoms with Gasteiger partial charge in [0.05, 0.1) is 12.7 Å². The van der Waals surface area contributed by atoms with Crippen molar-refractivity contribution in [3.8, 4) is 5.75 Å². The van der Waals surface area contributed by atoms with Gasteiger partial charge in [-0.1, -0.05) is 35.9 Å². The van der Waals surface area contributed by atoms with Crippen LogP contribution in [0.15, 0.2) is 42.5 Å². The van der Waals surface area contributed by atoms with E-state index in [1.54, 1.807) is 6.07 Å². The van der Waals surface area contributed by atoms with E-state index in [0.29, 0.717) is 0 Å². The van der Waals surface area contributed by atoms with Crippen LogP contribution in [-0.2, 0) is 6.42 Å². The number of ether oxygens (including phenoxy) is 1. The molecule has 0 heterocycles. The molecule has 0 saturated carbocycles. The van der Waals surface area contributed by atoms with Crippen LogP contribution in [0.1, 0.15) is 21.5 Å². The summed E-state index contributed by atoms with van der Waals surface area (Å²) in [4.78, 5) is 12.1. The smallest absolute Gasteiger partial charge is 0.175 e. The number of carbonyl (C=O) groups is 1. The number of benzene rings is 2. The Morgan fingerprint density at radius 2 is 1.84 bits per heavy atom. The van der Waals surface area contributed by atoms with Crippen LogP contribution >= 0.6 is 0 Å². The fourth-order valence-corrected chi connectivity index (χ4v) is 1.87. The van der Waals surface area contributed by atoms with Gasteiger partial charge in [-0.2, -0.15) is 0 Å². The fourth-order valence-electron chi connectivity index (χ4n) is 1.87. The molecule has 0 aromatic heterocycles. The van der Waals surface area contributed by atoms with E-state index < -0.39 is 5.82 Å². The predicted octanol–water partition coefficient (Wildman–Crippen LogP) is 3.57. The third kappa shape index (κ3) is 2.99. The van der Waals surface area contributed by atoms with E-state index in [1.165, 1.54) is 19.2 Å². The lowest BCUT2D eigenvalue weighted by atomic mass is 10.0. The van der Waals surface area contributed by atoms with Crippen LogP contribution in [0.5, 0.6) is 5.75 Å². The molecule has 0 fully saturated rings.